The number of furan rings is 1. The molecular weight excluding hydrogens is 645 g/mol. The Kier molecular flexibility index (Phi) is 7.44. The van der Waals surface area contributed by atoms with E-state index in [1.807, 2.05) is 12.1 Å². The van der Waals surface area contributed by atoms with Crippen LogP contribution < -0.4 is 0 Å². The molecule has 3 aliphatic carbocycles. The van der Waals surface area contributed by atoms with Gasteiger partial charge in [-0.05, 0) is 107 Å². The van der Waals surface area contributed by atoms with Gasteiger partial charge in [-0.25, -0.2) is 9.98 Å². The number of nitrogens with zero attached hydrogens (tertiary/aromatic N) is 2. The van der Waals surface area contributed by atoms with Gasteiger partial charge in [0.1, 0.15) is 11.2 Å². The van der Waals surface area contributed by atoms with Gasteiger partial charge in [-0.3, -0.25) is 0 Å². The van der Waals surface area contributed by atoms with Crippen LogP contribution in [0.15, 0.2) is 141 Å². The van der Waals surface area contributed by atoms with Crippen molar-refractivity contribution in [2.75, 3.05) is 0 Å². The summed E-state index contributed by atoms with van der Waals surface area (Å²) in [6.45, 7) is 9.10. The molecule has 1 aromatic heterocycles. The topological polar surface area (TPSA) is 37.9 Å². The highest BCUT2D eigenvalue weighted by Crippen LogP contribution is 2.57. The van der Waals surface area contributed by atoms with Crippen molar-refractivity contribution in [2.45, 2.75) is 65.2 Å². The number of fused-ring (bicyclic) bond motifs is 9. The summed E-state index contributed by atoms with van der Waals surface area (Å²) in [6, 6.07) is 44.0. The molecule has 3 nitrogen and oxygen atoms in total. The third-order valence-electron chi connectivity index (χ3n) is 12.8. The molecular formula is C50H44N2O. The maximum absolute atomic E-state index is 6.43. The normalized spacial score (nSPS) is 20.3. The Hall–Kier alpha value is -5.54. The van der Waals surface area contributed by atoms with Gasteiger partial charge in [0.25, 0.3) is 0 Å². The summed E-state index contributed by atoms with van der Waals surface area (Å²) in [5.41, 5.74) is 15.6. The number of allylic oxidation sites excluding steroid dienone is 1. The van der Waals surface area contributed by atoms with Crippen LogP contribution in [0.1, 0.15) is 86.3 Å². The highest BCUT2D eigenvalue weighted by atomic mass is 16.3. The van der Waals surface area contributed by atoms with Crippen LogP contribution in [-0.2, 0) is 5.41 Å². The molecule has 3 heteroatoms. The van der Waals surface area contributed by atoms with Crippen molar-refractivity contribution in [1.82, 2.24) is 0 Å². The van der Waals surface area contributed by atoms with Gasteiger partial charge in [0.15, 0.2) is 5.84 Å². The molecule has 7 aromatic rings. The minimum Gasteiger partial charge on any atom is -0.456 e. The molecule has 2 atom stereocenters. The van der Waals surface area contributed by atoms with Crippen LogP contribution in [0.5, 0.6) is 0 Å². The highest BCUT2D eigenvalue weighted by molar-refractivity contribution is 6.17. The van der Waals surface area contributed by atoms with Gasteiger partial charge in [0.05, 0.1) is 5.70 Å². The first kappa shape index (κ1) is 32.1. The molecule has 0 saturated heterocycles. The molecule has 53 heavy (non-hydrogen) atoms. The van der Waals surface area contributed by atoms with Crippen LogP contribution in [0.2, 0.25) is 0 Å². The van der Waals surface area contributed by atoms with E-state index < -0.39 is 0 Å². The summed E-state index contributed by atoms with van der Waals surface area (Å²) in [7, 11) is 0. The Labute approximate surface area is 311 Å². The number of aryl methyl sites for hydroxylation is 1. The van der Waals surface area contributed by atoms with E-state index in [2.05, 4.69) is 137 Å². The number of rotatable bonds is 4. The molecule has 0 bridgehead atoms. The Morgan fingerprint density at radius 3 is 2.13 bits per heavy atom. The van der Waals surface area contributed by atoms with E-state index in [4.69, 9.17) is 14.4 Å². The number of benzene rings is 6. The van der Waals surface area contributed by atoms with Gasteiger partial charge in [-0.15, -0.1) is 0 Å². The summed E-state index contributed by atoms with van der Waals surface area (Å²) in [5.74, 6) is 1.64. The van der Waals surface area contributed by atoms with Crippen molar-refractivity contribution in [3.8, 4) is 11.1 Å². The van der Waals surface area contributed by atoms with Gasteiger partial charge < -0.3 is 4.42 Å². The van der Waals surface area contributed by atoms with E-state index in [-0.39, 0.29) is 5.41 Å². The Morgan fingerprint density at radius 2 is 1.32 bits per heavy atom. The first-order valence-electron chi connectivity index (χ1n) is 19.4. The predicted molar refractivity (Wildman–Crippen MR) is 222 cm³/mol. The van der Waals surface area contributed by atoms with Crippen LogP contribution in [0.4, 0.5) is 0 Å². The standard InChI is InChI=1S/C50H44N2O/c1-30-14-12-19-41-45(30)47-38(18-13-20-42(47)50(41)26-10-5-11-27-50)33(4)51-49(37-24-25-40-39-17-8-9-21-43(39)53-44(40)29-37)52-48(46-31(2)32(46)3)36-23-22-34-15-6-7-16-35(34)28-36/h6-9,12-25,28-29,31-32H,5,10-11,26-27H2,1-4H3/b48-46-,51-33+,52-49-/t31-,32?/m1/s1. The van der Waals surface area contributed by atoms with Gasteiger partial charge >= 0.3 is 0 Å². The van der Waals surface area contributed by atoms with Gasteiger partial charge in [0, 0.05) is 38.6 Å². The van der Waals surface area contributed by atoms with Crippen LogP contribution in [0.25, 0.3) is 49.5 Å². The molecule has 1 unspecified atom stereocenters. The number of para-hydroxylation sites is 1. The van der Waals surface area contributed by atoms with Gasteiger partial charge in [0.2, 0.25) is 0 Å². The Balaban J connectivity index is 1.20. The summed E-state index contributed by atoms with van der Waals surface area (Å²) in [5, 5.41) is 4.68. The van der Waals surface area contributed by atoms with Crippen molar-refractivity contribution >= 4 is 50.0 Å². The average Bonchev–Trinajstić information content (AvgIpc) is 3.48. The van der Waals surface area contributed by atoms with E-state index in [1.54, 1.807) is 0 Å². The van der Waals surface area contributed by atoms with E-state index in [1.165, 1.54) is 81.8 Å². The summed E-state index contributed by atoms with van der Waals surface area (Å²) in [4.78, 5) is 11.2. The fraction of sp³-hybridized carbons (Fsp3) is 0.240. The Morgan fingerprint density at radius 1 is 0.623 bits per heavy atom. The Bertz CT molecular complexity index is 2700. The van der Waals surface area contributed by atoms with E-state index >= 15 is 0 Å². The zero-order chi connectivity index (χ0) is 35.8. The minimum atomic E-state index is 0.0837. The van der Waals surface area contributed by atoms with Crippen LogP contribution in [-0.4, -0.2) is 11.5 Å². The summed E-state index contributed by atoms with van der Waals surface area (Å²) >= 11 is 0. The molecule has 0 radical (unpaired) electrons. The van der Waals surface area contributed by atoms with Crippen molar-refractivity contribution < 1.29 is 4.42 Å². The van der Waals surface area contributed by atoms with Crippen molar-refractivity contribution in [2.24, 2.45) is 21.8 Å². The molecule has 1 heterocycles. The molecule has 0 aliphatic heterocycles. The number of hydrogen-bond donors (Lipinski definition) is 0. The number of hydrogen-bond acceptors (Lipinski definition) is 2. The van der Waals surface area contributed by atoms with Gasteiger partial charge in [-0.1, -0.05) is 130 Å². The largest absolute Gasteiger partial charge is 0.456 e. The first-order chi connectivity index (χ1) is 25.9. The summed E-state index contributed by atoms with van der Waals surface area (Å²) < 4.78 is 6.43. The van der Waals surface area contributed by atoms with Crippen molar-refractivity contribution in [3.63, 3.8) is 0 Å². The van der Waals surface area contributed by atoms with Crippen molar-refractivity contribution in [1.29, 1.82) is 0 Å². The average molecular weight is 689 g/mol. The zero-order valence-electron chi connectivity index (χ0n) is 31.0. The lowest BCUT2D eigenvalue weighted by molar-refractivity contribution is 0.353. The second-order valence-corrected chi connectivity index (χ2v) is 15.8. The lowest BCUT2D eigenvalue weighted by Crippen LogP contribution is -2.28. The maximum Gasteiger partial charge on any atom is 0.160 e. The van der Waals surface area contributed by atoms with Crippen LogP contribution >= 0.6 is 0 Å². The summed E-state index contributed by atoms with van der Waals surface area (Å²) in [6.07, 6.45) is 6.28. The molecule has 3 aliphatic rings. The first-order valence-corrected chi connectivity index (χ1v) is 19.4. The molecule has 2 fully saturated rings. The van der Waals surface area contributed by atoms with E-state index in [0.29, 0.717) is 17.7 Å². The number of aliphatic imine (C=N–C) groups is 2. The lowest BCUT2D eigenvalue weighted by Gasteiger charge is -2.36. The second kappa shape index (κ2) is 12.3. The SMILES string of the molecule is C\C(=N/C(=N\C(=C1/C(C)[C@H]1C)c1ccc2ccccc2c1)c1ccc2c(c1)oc1ccccc12)c1cccc2c1-c1c(C)cccc1C21CCCCC1. The number of amidine groups is 1. The van der Waals surface area contributed by atoms with E-state index in [9.17, 15) is 0 Å². The zero-order valence-corrected chi connectivity index (χ0v) is 31.0. The van der Waals surface area contributed by atoms with E-state index in [0.717, 1.165) is 44.5 Å². The molecule has 0 amide bonds. The predicted octanol–water partition coefficient (Wildman–Crippen LogP) is 13.2. The molecule has 0 N–H and O–H groups in total. The van der Waals surface area contributed by atoms with Gasteiger partial charge in [-0.2, -0.15) is 0 Å². The monoisotopic (exact) mass is 688 g/mol. The second-order valence-electron chi connectivity index (χ2n) is 15.8. The molecule has 1 spiro atoms. The molecule has 260 valence electrons. The molecule has 6 aromatic carbocycles. The highest BCUT2D eigenvalue weighted by Gasteiger charge is 2.45. The lowest BCUT2D eigenvalue weighted by atomic mass is 9.67. The third kappa shape index (κ3) is 5.08. The minimum absolute atomic E-state index is 0.0837. The quantitative estimate of drug-likeness (QED) is 0.134. The van der Waals surface area contributed by atoms with Crippen LogP contribution in [0.3, 0.4) is 0 Å². The van der Waals surface area contributed by atoms with Crippen LogP contribution in [0, 0.1) is 18.8 Å². The maximum atomic E-state index is 6.43. The molecule has 2 saturated carbocycles. The molecule has 10 rings (SSSR count). The fourth-order valence-electron chi connectivity index (χ4n) is 9.73. The fourth-order valence-corrected chi connectivity index (χ4v) is 9.73. The smallest absolute Gasteiger partial charge is 0.160 e. The van der Waals surface area contributed by atoms with Crippen molar-refractivity contribution in [3.05, 3.63) is 160 Å². The third-order valence-corrected chi connectivity index (χ3v) is 12.8.